The van der Waals surface area contributed by atoms with Crippen LogP contribution >= 0.6 is 0 Å². The quantitative estimate of drug-likeness (QED) is 0.379. The molecule has 0 fully saturated rings. The lowest BCUT2D eigenvalue weighted by Gasteiger charge is -2.02. The van der Waals surface area contributed by atoms with Crippen molar-refractivity contribution in [1.29, 1.82) is 0 Å². The van der Waals surface area contributed by atoms with E-state index >= 15 is 0 Å². The molecule has 0 atom stereocenters. The highest BCUT2D eigenvalue weighted by atomic mass is 16.6. The maximum Gasteiger partial charge on any atom is 0.303 e. The highest BCUT2D eigenvalue weighted by Crippen LogP contribution is 2.11. The fraction of sp³-hybridized carbons (Fsp3) is 0.400. The summed E-state index contributed by atoms with van der Waals surface area (Å²) in [7, 11) is 0. The van der Waals surface area contributed by atoms with Gasteiger partial charge in [0.05, 0.1) is 11.1 Å². The summed E-state index contributed by atoms with van der Waals surface area (Å²) in [6.07, 6.45) is 2.21. The van der Waals surface area contributed by atoms with Gasteiger partial charge in [-0.2, -0.15) is 0 Å². The zero-order valence-electron chi connectivity index (χ0n) is 9.51. The van der Waals surface area contributed by atoms with Crippen LogP contribution in [0.4, 0.5) is 5.69 Å². The van der Waals surface area contributed by atoms with Crippen molar-refractivity contribution in [1.82, 2.24) is 10.3 Å². The van der Waals surface area contributed by atoms with Gasteiger partial charge in [0, 0.05) is 19.0 Å². The SMILES string of the molecule is O=C(O)CCCCNC(=O)c1cc([N+](=O)[O-])c[nH]1. The number of nitro groups is 1. The van der Waals surface area contributed by atoms with Crippen LogP contribution in [0.3, 0.4) is 0 Å². The Labute approximate surface area is 102 Å². The van der Waals surface area contributed by atoms with E-state index in [1.165, 1.54) is 0 Å². The third-order valence-corrected chi connectivity index (χ3v) is 2.23. The third-order valence-electron chi connectivity index (χ3n) is 2.23. The molecular formula is C10H13N3O5. The summed E-state index contributed by atoms with van der Waals surface area (Å²) in [5.74, 6) is -1.32. The summed E-state index contributed by atoms with van der Waals surface area (Å²) in [5, 5.41) is 21.3. The Morgan fingerprint density at radius 1 is 1.44 bits per heavy atom. The molecule has 1 amide bonds. The predicted molar refractivity (Wildman–Crippen MR) is 61.3 cm³/mol. The van der Waals surface area contributed by atoms with Gasteiger partial charge in [-0.25, -0.2) is 0 Å². The number of hydrogen-bond donors (Lipinski definition) is 3. The van der Waals surface area contributed by atoms with Crippen molar-refractivity contribution >= 4 is 17.6 Å². The van der Waals surface area contributed by atoms with Crippen molar-refractivity contribution in [3.63, 3.8) is 0 Å². The molecule has 1 rings (SSSR count). The average Bonchev–Trinajstić information content (AvgIpc) is 2.77. The Hall–Kier alpha value is -2.38. The third kappa shape index (κ3) is 4.24. The van der Waals surface area contributed by atoms with Gasteiger partial charge in [-0.1, -0.05) is 0 Å². The van der Waals surface area contributed by atoms with E-state index < -0.39 is 16.8 Å². The van der Waals surface area contributed by atoms with E-state index in [1.54, 1.807) is 0 Å². The molecular weight excluding hydrogens is 242 g/mol. The summed E-state index contributed by atoms with van der Waals surface area (Å²) >= 11 is 0. The fourth-order valence-electron chi connectivity index (χ4n) is 1.32. The minimum atomic E-state index is -0.874. The zero-order valence-corrected chi connectivity index (χ0v) is 9.51. The smallest absolute Gasteiger partial charge is 0.303 e. The van der Waals surface area contributed by atoms with Crippen LogP contribution in [0.1, 0.15) is 29.8 Å². The van der Waals surface area contributed by atoms with Gasteiger partial charge in [-0.3, -0.25) is 19.7 Å². The van der Waals surface area contributed by atoms with Crippen LogP contribution < -0.4 is 5.32 Å². The second kappa shape index (κ2) is 6.38. The van der Waals surface area contributed by atoms with Crippen LogP contribution in [0, 0.1) is 10.1 Å². The normalized spacial score (nSPS) is 10.0. The molecule has 8 nitrogen and oxygen atoms in total. The number of rotatable bonds is 7. The van der Waals surface area contributed by atoms with Gasteiger partial charge in [0.15, 0.2) is 0 Å². The van der Waals surface area contributed by atoms with E-state index in [4.69, 9.17) is 5.11 Å². The van der Waals surface area contributed by atoms with Crippen LogP contribution in [0.25, 0.3) is 0 Å². The van der Waals surface area contributed by atoms with Crippen molar-refractivity contribution in [2.45, 2.75) is 19.3 Å². The van der Waals surface area contributed by atoms with Crippen LogP contribution in [0.5, 0.6) is 0 Å². The van der Waals surface area contributed by atoms with Gasteiger partial charge < -0.3 is 15.4 Å². The standard InChI is InChI=1S/C10H13N3O5/c14-9(15)3-1-2-4-11-10(16)8-5-7(6-12-8)13(17)18/h5-6,12H,1-4H2,(H,11,16)(H,14,15). The summed E-state index contributed by atoms with van der Waals surface area (Å²) in [6.45, 7) is 0.332. The lowest BCUT2D eigenvalue weighted by molar-refractivity contribution is -0.384. The number of aliphatic carboxylic acids is 1. The van der Waals surface area contributed by atoms with E-state index in [2.05, 4.69) is 10.3 Å². The van der Waals surface area contributed by atoms with Crippen LogP contribution in [-0.2, 0) is 4.79 Å². The lowest BCUT2D eigenvalue weighted by Crippen LogP contribution is -2.24. The van der Waals surface area contributed by atoms with Gasteiger partial charge in [-0.15, -0.1) is 0 Å². The molecule has 0 saturated heterocycles. The first kappa shape index (κ1) is 13.7. The summed E-state index contributed by atoms with van der Waals surface area (Å²) < 4.78 is 0. The molecule has 18 heavy (non-hydrogen) atoms. The summed E-state index contributed by atoms with van der Waals surface area (Å²) in [4.78, 5) is 34.0. The Bertz CT molecular complexity index is 454. The molecule has 0 aliphatic heterocycles. The minimum absolute atomic E-state index is 0.0594. The molecule has 0 unspecified atom stereocenters. The number of aromatic nitrogens is 1. The molecule has 1 heterocycles. The van der Waals surface area contributed by atoms with Gasteiger partial charge in [-0.05, 0) is 12.8 Å². The van der Waals surface area contributed by atoms with Crippen LogP contribution in [0.2, 0.25) is 0 Å². The Morgan fingerprint density at radius 2 is 2.17 bits per heavy atom. The molecule has 3 N–H and O–H groups in total. The number of H-pyrrole nitrogens is 1. The molecule has 0 aromatic carbocycles. The Kier molecular flexibility index (Phi) is 4.85. The molecule has 0 radical (unpaired) electrons. The van der Waals surface area contributed by atoms with Crippen LogP contribution in [-0.4, -0.2) is 33.4 Å². The highest BCUT2D eigenvalue weighted by molar-refractivity contribution is 5.93. The number of aromatic amines is 1. The number of nitrogens with zero attached hydrogens (tertiary/aromatic N) is 1. The van der Waals surface area contributed by atoms with Crippen molar-refractivity contribution in [3.8, 4) is 0 Å². The first-order valence-corrected chi connectivity index (χ1v) is 5.33. The second-order valence-electron chi connectivity index (χ2n) is 3.64. The Morgan fingerprint density at radius 3 is 2.72 bits per heavy atom. The Balaban J connectivity index is 2.32. The molecule has 1 aromatic rings. The number of carboxylic acids is 1. The number of nitrogens with one attached hydrogen (secondary N) is 2. The number of hydrogen-bond acceptors (Lipinski definition) is 4. The molecule has 98 valence electrons. The second-order valence-corrected chi connectivity index (χ2v) is 3.64. The number of amides is 1. The van der Waals surface area contributed by atoms with E-state index in [1.807, 2.05) is 0 Å². The molecule has 0 spiro atoms. The van der Waals surface area contributed by atoms with E-state index in [0.717, 1.165) is 12.3 Å². The summed E-state index contributed by atoms with van der Waals surface area (Å²) in [6, 6.07) is 1.15. The molecule has 0 saturated carbocycles. The van der Waals surface area contributed by atoms with Gasteiger partial charge >= 0.3 is 5.97 Å². The molecule has 1 aromatic heterocycles. The maximum atomic E-state index is 11.5. The number of carboxylic acid groups (broad SMARTS) is 1. The van der Waals surface area contributed by atoms with Crippen molar-refractivity contribution in [3.05, 3.63) is 28.1 Å². The first-order chi connectivity index (χ1) is 8.50. The van der Waals surface area contributed by atoms with E-state index in [0.29, 0.717) is 19.4 Å². The lowest BCUT2D eigenvalue weighted by atomic mass is 10.2. The average molecular weight is 255 g/mol. The number of carbonyl (C=O) groups is 2. The van der Waals surface area contributed by atoms with E-state index in [9.17, 15) is 19.7 Å². The summed E-state index contributed by atoms with van der Waals surface area (Å²) in [5.41, 5.74) is -0.0639. The van der Waals surface area contributed by atoms with Crippen molar-refractivity contribution in [2.24, 2.45) is 0 Å². The molecule has 8 heteroatoms. The zero-order chi connectivity index (χ0) is 13.5. The van der Waals surface area contributed by atoms with Crippen molar-refractivity contribution < 1.29 is 19.6 Å². The van der Waals surface area contributed by atoms with E-state index in [-0.39, 0.29) is 17.8 Å². The number of unbranched alkanes of at least 4 members (excludes halogenated alkanes) is 1. The fourth-order valence-corrected chi connectivity index (χ4v) is 1.32. The highest BCUT2D eigenvalue weighted by Gasteiger charge is 2.13. The van der Waals surface area contributed by atoms with Crippen molar-refractivity contribution in [2.75, 3.05) is 6.54 Å². The molecule has 0 aliphatic rings. The minimum Gasteiger partial charge on any atom is -0.481 e. The number of carbonyl (C=O) groups excluding carboxylic acids is 1. The molecule has 0 aliphatic carbocycles. The van der Waals surface area contributed by atoms with Crippen LogP contribution in [0.15, 0.2) is 12.3 Å². The molecule has 0 bridgehead atoms. The van der Waals surface area contributed by atoms with Gasteiger partial charge in [0.1, 0.15) is 5.69 Å². The maximum absolute atomic E-state index is 11.5. The topological polar surface area (TPSA) is 125 Å². The predicted octanol–water partition coefficient (Wildman–Crippen LogP) is 0.908. The van der Waals surface area contributed by atoms with Gasteiger partial charge in [0.2, 0.25) is 0 Å². The van der Waals surface area contributed by atoms with Gasteiger partial charge in [0.25, 0.3) is 11.6 Å². The monoisotopic (exact) mass is 255 g/mol. The largest absolute Gasteiger partial charge is 0.481 e. The first-order valence-electron chi connectivity index (χ1n) is 5.33.